The van der Waals surface area contributed by atoms with Crippen LogP contribution in [0.1, 0.15) is 32.2 Å². The third kappa shape index (κ3) is 4.21. The Kier molecular flexibility index (Phi) is 5.35. The zero-order chi connectivity index (χ0) is 19.6. The summed E-state index contributed by atoms with van der Waals surface area (Å²) in [5, 5.41) is 2.18. The molecule has 0 aliphatic rings. The molecule has 0 saturated carbocycles. The van der Waals surface area contributed by atoms with Gasteiger partial charge in [0, 0.05) is 16.0 Å². The molecule has 0 bridgehead atoms. The molecule has 0 atom stereocenters. The number of anilines is 2. The van der Waals surface area contributed by atoms with Crippen molar-refractivity contribution < 1.29 is 0 Å². The number of hydrogen-bond donors (Lipinski definition) is 2. The van der Waals surface area contributed by atoms with Gasteiger partial charge in [0.1, 0.15) is 11.5 Å². The number of hydrazine groups is 1. The SMILES string of the molecule is CC(C)(C)c1nc(-c2ccccc2)c(N)c(N(N)Cc2ccccc2Cl)n1. The first-order valence-electron chi connectivity index (χ1n) is 8.76. The van der Waals surface area contributed by atoms with E-state index in [2.05, 4.69) is 25.8 Å². The van der Waals surface area contributed by atoms with Gasteiger partial charge in [-0.1, -0.05) is 80.9 Å². The van der Waals surface area contributed by atoms with E-state index in [1.165, 1.54) is 5.01 Å². The van der Waals surface area contributed by atoms with Crippen LogP contribution in [0.3, 0.4) is 0 Å². The van der Waals surface area contributed by atoms with Crippen LogP contribution in [0.2, 0.25) is 5.02 Å². The van der Waals surface area contributed by atoms with Gasteiger partial charge in [-0.15, -0.1) is 0 Å². The lowest BCUT2D eigenvalue weighted by molar-refractivity contribution is 0.545. The normalized spacial score (nSPS) is 11.4. The summed E-state index contributed by atoms with van der Waals surface area (Å²) < 4.78 is 0. The molecule has 0 aliphatic heterocycles. The predicted molar refractivity (Wildman–Crippen MR) is 112 cm³/mol. The number of nitrogens with zero attached hydrogens (tertiary/aromatic N) is 3. The zero-order valence-corrected chi connectivity index (χ0v) is 16.5. The van der Waals surface area contributed by atoms with E-state index < -0.39 is 0 Å². The molecular formula is C21H24ClN5. The van der Waals surface area contributed by atoms with Gasteiger partial charge in [-0.25, -0.2) is 15.8 Å². The molecule has 0 amide bonds. The Morgan fingerprint density at radius 1 is 0.963 bits per heavy atom. The molecule has 1 aromatic heterocycles. The van der Waals surface area contributed by atoms with Crippen LogP contribution in [-0.2, 0) is 12.0 Å². The highest BCUT2D eigenvalue weighted by Crippen LogP contribution is 2.34. The molecule has 27 heavy (non-hydrogen) atoms. The largest absolute Gasteiger partial charge is 0.394 e. The summed E-state index contributed by atoms with van der Waals surface area (Å²) in [6.07, 6.45) is 0. The van der Waals surface area contributed by atoms with Crippen molar-refractivity contribution in [3.63, 3.8) is 0 Å². The minimum atomic E-state index is -0.253. The zero-order valence-electron chi connectivity index (χ0n) is 15.8. The minimum absolute atomic E-state index is 0.253. The average molecular weight is 382 g/mol. The maximum Gasteiger partial charge on any atom is 0.170 e. The molecule has 0 spiro atoms. The molecule has 0 aliphatic carbocycles. The van der Waals surface area contributed by atoms with Gasteiger partial charge >= 0.3 is 0 Å². The molecular weight excluding hydrogens is 358 g/mol. The Balaban J connectivity index is 2.10. The van der Waals surface area contributed by atoms with Crippen molar-refractivity contribution in [2.75, 3.05) is 10.7 Å². The van der Waals surface area contributed by atoms with Crippen LogP contribution < -0.4 is 16.6 Å². The van der Waals surface area contributed by atoms with Crippen molar-refractivity contribution in [3.05, 3.63) is 71.0 Å². The highest BCUT2D eigenvalue weighted by molar-refractivity contribution is 6.31. The van der Waals surface area contributed by atoms with Crippen LogP contribution >= 0.6 is 11.6 Å². The summed E-state index contributed by atoms with van der Waals surface area (Å²) in [4.78, 5) is 9.41. The van der Waals surface area contributed by atoms with Gasteiger partial charge in [-0.3, -0.25) is 5.01 Å². The van der Waals surface area contributed by atoms with Gasteiger partial charge in [0.15, 0.2) is 5.82 Å². The van der Waals surface area contributed by atoms with Gasteiger partial charge in [-0.05, 0) is 11.6 Å². The average Bonchev–Trinajstić information content (AvgIpc) is 2.63. The van der Waals surface area contributed by atoms with Crippen molar-refractivity contribution in [1.82, 2.24) is 9.97 Å². The number of rotatable bonds is 4. The summed E-state index contributed by atoms with van der Waals surface area (Å²) in [6, 6.07) is 17.4. The molecule has 3 rings (SSSR count). The highest BCUT2D eigenvalue weighted by Gasteiger charge is 2.24. The van der Waals surface area contributed by atoms with E-state index in [1.54, 1.807) is 0 Å². The Hall–Kier alpha value is -2.63. The van der Waals surface area contributed by atoms with E-state index in [9.17, 15) is 0 Å². The summed E-state index contributed by atoms with van der Waals surface area (Å²) >= 11 is 6.28. The summed E-state index contributed by atoms with van der Waals surface area (Å²) in [6.45, 7) is 6.57. The summed E-state index contributed by atoms with van der Waals surface area (Å²) in [5.74, 6) is 7.54. The van der Waals surface area contributed by atoms with Crippen molar-refractivity contribution in [1.29, 1.82) is 0 Å². The first-order valence-corrected chi connectivity index (χ1v) is 9.14. The van der Waals surface area contributed by atoms with E-state index >= 15 is 0 Å². The molecule has 6 heteroatoms. The van der Waals surface area contributed by atoms with Gasteiger partial charge in [-0.2, -0.15) is 0 Å². The van der Waals surface area contributed by atoms with Crippen molar-refractivity contribution >= 4 is 23.1 Å². The molecule has 1 heterocycles. The van der Waals surface area contributed by atoms with Gasteiger partial charge in [0.2, 0.25) is 0 Å². The standard InChI is InChI=1S/C21H24ClN5/c1-21(2,3)20-25-18(14-9-5-4-6-10-14)17(23)19(26-20)27(24)13-15-11-7-8-12-16(15)22/h4-12H,13,23-24H2,1-3H3. The van der Waals surface area contributed by atoms with Crippen LogP contribution in [0, 0.1) is 0 Å². The lowest BCUT2D eigenvalue weighted by atomic mass is 9.95. The molecule has 3 aromatic rings. The number of halogens is 1. The maximum atomic E-state index is 6.44. The highest BCUT2D eigenvalue weighted by atomic mass is 35.5. The summed E-state index contributed by atoms with van der Waals surface area (Å²) in [5.41, 5.74) is 9.14. The van der Waals surface area contributed by atoms with E-state index in [0.717, 1.165) is 11.1 Å². The van der Waals surface area contributed by atoms with Crippen LogP contribution in [0.15, 0.2) is 54.6 Å². The summed E-state index contributed by atoms with van der Waals surface area (Å²) in [7, 11) is 0. The second-order valence-corrected chi connectivity index (χ2v) is 7.88. The first-order chi connectivity index (χ1) is 12.8. The third-order valence-electron chi connectivity index (χ3n) is 4.21. The molecule has 0 unspecified atom stereocenters. The topological polar surface area (TPSA) is 81.1 Å². The lowest BCUT2D eigenvalue weighted by Gasteiger charge is -2.25. The second-order valence-electron chi connectivity index (χ2n) is 7.47. The molecule has 0 radical (unpaired) electrons. The predicted octanol–water partition coefficient (Wildman–Crippen LogP) is 4.56. The molecule has 4 N–H and O–H groups in total. The van der Waals surface area contributed by atoms with Crippen molar-refractivity contribution in [2.24, 2.45) is 5.84 Å². The number of hydrogen-bond acceptors (Lipinski definition) is 5. The fourth-order valence-electron chi connectivity index (χ4n) is 2.71. The van der Waals surface area contributed by atoms with Crippen molar-refractivity contribution in [3.8, 4) is 11.3 Å². The van der Waals surface area contributed by atoms with Crippen LogP contribution in [0.25, 0.3) is 11.3 Å². The molecule has 0 fully saturated rings. The van der Waals surface area contributed by atoms with Crippen LogP contribution in [-0.4, -0.2) is 9.97 Å². The second kappa shape index (κ2) is 7.55. The molecule has 5 nitrogen and oxygen atoms in total. The quantitative estimate of drug-likeness (QED) is 0.511. The van der Waals surface area contributed by atoms with E-state index in [4.69, 9.17) is 28.2 Å². The lowest BCUT2D eigenvalue weighted by Crippen LogP contribution is -2.33. The Labute approximate surface area is 165 Å². The van der Waals surface area contributed by atoms with Gasteiger partial charge in [0.05, 0.1) is 12.2 Å². The fourth-order valence-corrected chi connectivity index (χ4v) is 2.91. The van der Waals surface area contributed by atoms with Gasteiger partial charge < -0.3 is 5.73 Å². The Morgan fingerprint density at radius 2 is 1.59 bits per heavy atom. The smallest absolute Gasteiger partial charge is 0.170 e. The number of aromatic nitrogens is 2. The van der Waals surface area contributed by atoms with Crippen LogP contribution in [0.5, 0.6) is 0 Å². The van der Waals surface area contributed by atoms with Gasteiger partial charge in [0.25, 0.3) is 0 Å². The number of benzene rings is 2. The third-order valence-corrected chi connectivity index (χ3v) is 4.58. The maximum absolute atomic E-state index is 6.44. The molecule has 140 valence electrons. The molecule has 2 aromatic carbocycles. The molecule has 0 saturated heterocycles. The minimum Gasteiger partial charge on any atom is -0.394 e. The monoisotopic (exact) mass is 381 g/mol. The van der Waals surface area contributed by atoms with E-state index in [-0.39, 0.29) is 5.41 Å². The number of nitrogens with two attached hydrogens (primary N) is 2. The Bertz CT molecular complexity index is 935. The van der Waals surface area contributed by atoms with E-state index in [1.807, 2.05) is 54.6 Å². The van der Waals surface area contributed by atoms with Crippen LogP contribution in [0.4, 0.5) is 11.5 Å². The van der Waals surface area contributed by atoms with E-state index in [0.29, 0.717) is 34.6 Å². The van der Waals surface area contributed by atoms with Crippen molar-refractivity contribution in [2.45, 2.75) is 32.7 Å². The first kappa shape index (κ1) is 19.1. The number of nitrogen functional groups attached to an aromatic ring is 1. The fraction of sp³-hybridized carbons (Fsp3) is 0.238. The Morgan fingerprint density at radius 3 is 2.22 bits per heavy atom.